The zero-order valence-electron chi connectivity index (χ0n) is 15.1. The first-order valence-corrected chi connectivity index (χ1v) is 9.58. The molecule has 0 fully saturated rings. The van der Waals surface area contributed by atoms with Crippen LogP contribution in [0.2, 0.25) is 0 Å². The predicted octanol–water partition coefficient (Wildman–Crippen LogP) is 4.08. The normalized spacial score (nSPS) is 13.0. The number of halogens is 3. The number of benzene rings is 2. The summed E-state index contributed by atoms with van der Waals surface area (Å²) in [5, 5.41) is 11.6. The lowest BCUT2D eigenvalue weighted by Gasteiger charge is -2.13. The fraction of sp³-hybridized carbons (Fsp3) is 0.211. The van der Waals surface area contributed by atoms with E-state index in [-0.39, 0.29) is 6.04 Å². The van der Waals surface area contributed by atoms with Gasteiger partial charge in [0.05, 0.1) is 17.3 Å². The highest BCUT2D eigenvalue weighted by molar-refractivity contribution is 7.09. The minimum absolute atomic E-state index is 0.277. The van der Waals surface area contributed by atoms with Gasteiger partial charge in [-0.15, -0.1) is 0 Å². The lowest BCUT2D eigenvalue weighted by molar-refractivity contribution is -0.137. The number of alkyl halides is 3. The molecule has 0 aliphatic rings. The third-order valence-electron chi connectivity index (χ3n) is 4.42. The summed E-state index contributed by atoms with van der Waals surface area (Å²) < 4.78 is 42.2. The van der Waals surface area contributed by atoms with Crippen LogP contribution < -0.4 is 11.1 Å². The van der Waals surface area contributed by atoms with Gasteiger partial charge >= 0.3 is 6.18 Å². The van der Waals surface area contributed by atoms with Crippen molar-refractivity contribution in [2.24, 2.45) is 5.73 Å². The zero-order chi connectivity index (χ0) is 20.4. The molecule has 4 aromatic rings. The number of rotatable bonds is 6. The van der Waals surface area contributed by atoms with Gasteiger partial charge in [-0.25, -0.2) is 0 Å². The van der Waals surface area contributed by atoms with Crippen LogP contribution in [0.15, 0.2) is 48.7 Å². The molecule has 0 spiro atoms. The van der Waals surface area contributed by atoms with Crippen LogP contribution in [0, 0.1) is 0 Å². The number of hydrogen-bond acceptors (Lipinski definition) is 6. The van der Waals surface area contributed by atoms with Crippen molar-refractivity contribution in [1.82, 2.24) is 19.6 Å². The Bertz CT molecular complexity index is 1100. The summed E-state index contributed by atoms with van der Waals surface area (Å²) in [6.07, 6.45) is -2.14. The van der Waals surface area contributed by atoms with Crippen LogP contribution in [0.4, 0.5) is 18.3 Å². The second kappa shape index (κ2) is 7.80. The van der Waals surface area contributed by atoms with Gasteiger partial charge in [0.15, 0.2) is 5.82 Å². The Morgan fingerprint density at radius 3 is 2.69 bits per heavy atom. The quantitative estimate of drug-likeness (QED) is 0.439. The van der Waals surface area contributed by atoms with Crippen molar-refractivity contribution in [2.45, 2.75) is 18.6 Å². The van der Waals surface area contributed by atoms with Gasteiger partial charge in [0.1, 0.15) is 0 Å². The Morgan fingerprint density at radius 1 is 1.14 bits per heavy atom. The molecular weight excluding hydrogens is 401 g/mol. The number of fused-ring (bicyclic) bond motifs is 1. The first-order chi connectivity index (χ1) is 13.9. The Labute approximate surface area is 168 Å². The highest BCUT2D eigenvalue weighted by atomic mass is 32.1. The number of aromatic nitrogens is 4. The second-order valence-corrected chi connectivity index (χ2v) is 7.39. The van der Waals surface area contributed by atoms with Crippen LogP contribution in [0.25, 0.3) is 22.3 Å². The first kappa shape index (κ1) is 19.3. The molecule has 0 radical (unpaired) electrons. The Kier molecular flexibility index (Phi) is 5.20. The predicted molar refractivity (Wildman–Crippen MR) is 107 cm³/mol. The highest BCUT2D eigenvalue weighted by Gasteiger charge is 2.29. The molecule has 0 saturated heterocycles. The van der Waals surface area contributed by atoms with Gasteiger partial charge in [-0.3, -0.25) is 5.10 Å². The molecule has 4 N–H and O–H groups in total. The van der Waals surface area contributed by atoms with Crippen LogP contribution >= 0.6 is 11.5 Å². The van der Waals surface area contributed by atoms with Gasteiger partial charge in [-0.1, -0.05) is 12.1 Å². The van der Waals surface area contributed by atoms with Crippen LogP contribution in [-0.4, -0.2) is 32.1 Å². The molecule has 2 aromatic carbocycles. The van der Waals surface area contributed by atoms with E-state index in [1.54, 1.807) is 6.20 Å². The van der Waals surface area contributed by atoms with Crippen molar-refractivity contribution in [3.63, 3.8) is 0 Å². The minimum Gasteiger partial charge on any atom is -0.359 e. The van der Waals surface area contributed by atoms with E-state index in [1.807, 2.05) is 18.2 Å². The molecule has 150 valence electrons. The molecule has 0 saturated carbocycles. The molecule has 4 rings (SSSR count). The average molecular weight is 418 g/mol. The minimum atomic E-state index is -4.33. The van der Waals surface area contributed by atoms with Crippen LogP contribution in [0.5, 0.6) is 0 Å². The van der Waals surface area contributed by atoms with Gasteiger partial charge in [0.2, 0.25) is 5.13 Å². The van der Waals surface area contributed by atoms with Crippen molar-refractivity contribution in [2.75, 3.05) is 11.9 Å². The molecule has 0 aliphatic heterocycles. The molecule has 2 heterocycles. The smallest absolute Gasteiger partial charge is 0.359 e. The van der Waals surface area contributed by atoms with Gasteiger partial charge in [0.25, 0.3) is 0 Å². The molecular formula is C19H17F3N6S. The van der Waals surface area contributed by atoms with E-state index in [2.05, 4.69) is 24.9 Å². The molecule has 29 heavy (non-hydrogen) atoms. The van der Waals surface area contributed by atoms with E-state index >= 15 is 0 Å². The lowest BCUT2D eigenvalue weighted by Crippen LogP contribution is -2.31. The first-order valence-electron chi connectivity index (χ1n) is 8.81. The van der Waals surface area contributed by atoms with Crippen molar-refractivity contribution in [3.05, 3.63) is 59.8 Å². The lowest BCUT2D eigenvalue weighted by atomic mass is 10.0. The van der Waals surface area contributed by atoms with Gasteiger partial charge < -0.3 is 11.1 Å². The van der Waals surface area contributed by atoms with E-state index in [4.69, 9.17) is 5.73 Å². The number of nitrogens with one attached hydrogen (secondary N) is 2. The topological polar surface area (TPSA) is 92.5 Å². The summed E-state index contributed by atoms with van der Waals surface area (Å²) in [6, 6.07) is 10.6. The van der Waals surface area contributed by atoms with Crippen LogP contribution in [0.1, 0.15) is 11.1 Å². The van der Waals surface area contributed by atoms with Crippen molar-refractivity contribution in [1.29, 1.82) is 0 Å². The summed E-state index contributed by atoms with van der Waals surface area (Å²) in [5.74, 6) is 0.608. The third kappa shape index (κ3) is 4.54. The second-order valence-electron chi connectivity index (χ2n) is 6.63. The Hall–Kier alpha value is -2.98. The maximum Gasteiger partial charge on any atom is 0.416 e. The molecule has 10 heteroatoms. The largest absolute Gasteiger partial charge is 0.416 e. The van der Waals surface area contributed by atoms with Crippen LogP contribution in [0.3, 0.4) is 0 Å². The van der Waals surface area contributed by atoms with Gasteiger partial charge in [-0.2, -0.15) is 27.6 Å². The summed E-state index contributed by atoms with van der Waals surface area (Å²) >= 11 is 1.23. The zero-order valence-corrected chi connectivity index (χ0v) is 15.9. The molecule has 1 unspecified atom stereocenters. The SMILES string of the molecule is NC(CNc1nc(-c2ccc3[nH]ncc3c2)ns1)Cc1ccc(C(F)(F)F)cc1. The number of nitrogens with zero attached hydrogens (tertiary/aromatic N) is 3. The van der Waals surface area contributed by atoms with E-state index in [0.717, 1.165) is 34.2 Å². The summed E-state index contributed by atoms with van der Waals surface area (Å²) in [6.45, 7) is 0.427. The third-order valence-corrected chi connectivity index (χ3v) is 5.09. The Morgan fingerprint density at radius 2 is 1.93 bits per heavy atom. The number of hydrogen-bond donors (Lipinski definition) is 3. The number of nitrogens with two attached hydrogens (primary N) is 1. The Balaban J connectivity index is 1.34. The number of anilines is 1. The molecule has 0 bridgehead atoms. The monoisotopic (exact) mass is 418 g/mol. The number of aromatic amines is 1. The maximum atomic E-state index is 12.6. The van der Waals surface area contributed by atoms with Crippen molar-refractivity contribution >= 4 is 27.6 Å². The molecule has 6 nitrogen and oxygen atoms in total. The van der Waals surface area contributed by atoms with Gasteiger partial charge in [0, 0.05) is 35.1 Å². The fourth-order valence-corrected chi connectivity index (χ4v) is 3.51. The average Bonchev–Trinajstić information content (AvgIpc) is 3.35. The van der Waals surface area contributed by atoms with E-state index in [1.165, 1.54) is 23.7 Å². The van der Waals surface area contributed by atoms with E-state index in [0.29, 0.717) is 23.9 Å². The van der Waals surface area contributed by atoms with Crippen molar-refractivity contribution in [3.8, 4) is 11.4 Å². The summed E-state index contributed by atoms with van der Waals surface area (Å²) in [4.78, 5) is 4.47. The summed E-state index contributed by atoms with van der Waals surface area (Å²) in [7, 11) is 0. The fourth-order valence-electron chi connectivity index (χ4n) is 2.92. The molecule has 0 amide bonds. The standard InChI is InChI=1S/C19H17F3N6S/c20-19(21,22)14-4-1-11(2-5-14)7-15(23)10-24-18-26-17(28-29-18)12-3-6-16-13(8-12)9-25-27-16/h1-6,8-9,15H,7,10,23H2,(H,25,27)(H,24,26,28). The summed E-state index contributed by atoms with van der Waals surface area (Å²) in [5.41, 5.74) is 8.02. The van der Waals surface area contributed by atoms with Crippen molar-refractivity contribution < 1.29 is 13.2 Å². The van der Waals surface area contributed by atoms with E-state index in [9.17, 15) is 13.2 Å². The number of H-pyrrole nitrogens is 1. The maximum absolute atomic E-state index is 12.6. The highest BCUT2D eigenvalue weighted by Crippen LogP contribution is 2.29. The van der Waals surface area contributed by atoms with Gasteiger partial charge in [-0.05, 0) is 42.3 Å². The van der Waals surface area contributed by atoms with Crippen LogP contribution in [-0.2, 0) is 12.6 Å². The molecule has 2 aromatic heterocycles. The molecule has 1 atom stereocenters. The molecule has 0 aliphatic carbocycles. The van der Waals surface area contributed by atoms with E-state index < -0.39 is 11.7 Å².